The number of nitrogens with one attached hydrogen (secondary N) is 2. The van der Waals surface area contributed by atoms with E-state index in [-0.39, 0.29) is 21.4 Å². The molecule has 0 saturated carbocycles. The fourth-order valence-electron chi connectivity index (χ4n) is 2.10. The highest BCUT2D eigenvalue weighted by Crippen LogP contribution is 2.44. The summed E-state index contributed by atoms with van der Waals surface area (Å²) >= 11 is 11.7. The summed E-state index contributed by atoms with van der Waals surface area (Å²) in [6.45, 7) is 2.47. The maximum Gasteiger partial charge on any atom is 0.314 e. The Balaban J connectivity index is 2.41. The van der Waals surface area contributed by atoms with E-state index in [1.165, 1.54) is 12.3 Å². The molecule has 2 rings (SSSR count). The van der Waals surface area contributed by atoms with Gasteiger partial charge >= 0.3 is 5.69 Å². The fraction of sp³-hybridized carbons (Fsp3) is 0.357. The van der Waals surface area contributed by atoms with Crippen LogP contribution in [0.1, 0.15) is 19.8 Å². The molecule has 1 unspecified atom stereocenters. The van der Waals surface area contributed by atoms with Gasteiger partial charge in [0.1, 0.15) is 10.7 Å². The second-order valence-corrected chi connectivity index (χ2v) is 5.85. The minimum absolute atomic E-state index is 0.0129. The number of carbonyl (C=O) groups is 2. The molecule has 0 spiro atoms. The van der Waals surface area contributed by atoms with E-state index in [0.29, 0.717) is 6.54 Å². The standard InChI is InChI=1S/C14H14Cl2N4O4/c1-2-3-4-17-6-7-13(21)18-9-5-8(15)10(16)12(20(23)24)11(9)19-14(7)22/h5-7H,2-4H2,1H3,(H,18,21)(H,19,22). The highest BCUT2D eigenvalue weighted by atomic mass is 35.5. The zero-order chi connectivity index (χ0) is 17.9. The first-order valence-corrected chi connectivity index (χ1v) is 7.90. The van der Waals surface area contributed by atoms with Gasteiger partial charge in [0.05, 0.1) is 15.6 Å². The Labute approximate surface area is 147 Å². The molecule has 0 radical (unpaired) electrons. The maximum atomic E-state index is 12.3. The van der Waals surface area contributed by atoms with Gasteiger partial charge in [0.25, 0.3) is 0 Å². The predicted molar refractivity (Wildman–Crippen MR) is 92.1 cm³/mol. The maximum absolute atomic E-state index is 12.3. The third-order valence-corrected chi connectivity index (χ3v) is 4.12. The quantitative estimate of drug-likeness (QED) is 0.271. The van der Waals surface area contributed by atoms with Gasteiger partial charge in [0, 0.05) is 12.8 Å². The number of benzene rings is 1. The molecule has 1 aliphatic heterocycles. The second-order valence-electron chi connectivity index (χ2n) is 5.07. The molecule has 0 fully saturated rings. The second kappa shape index (κ2) is 7.59. The third-order valence-electron chi connectivity index (χ3n) is 3.34. The van der Waals surface area contributed by atoms with E-state index in [2.05, 4.69) is 15.6 Å². The summed E-state index contributed by atoms with van der Waals surface area (Å²) in [4.78, 5) is 39.0. The van der Waals surface area contributed by atoms with Crippen molar-refractivity contribution in [1.82, 2.24) is 0 Å². The van der Waals surface area contributed by atoms with E-state index in [9.17, 15) is 19.7 Å². The molecule has 1 heterocycles. The van der Waals surface area contributed by atoms with E-state index in [4.69, 9.17) is 23.2 Å². The summed E-state index contributed by atoms with van der Waals surface area (Å²) in [5, 5.41) is 15.6. The topological polar surface area (TPSA) is 114 Å². The third kappa shape index (κ3) is 3.65. The Morgan fingerprint density at radius 2 is 2.00 bits per heavy atom. The number of nitrogens with zero attached hydrogens (tertiary/aromatic N) is 2. The summed E-state index contributed by atoms with van der Waals surface area (Å²) in [6, 6.07) is 1.25. The Kier molecular flexibility index (Phi) is 5.74. The number of hydrogen-bond donors (Lipinski definition) is 2. The zero-order valence-corrected chi connectivity index (χ0v) is 14.1. The fourth-order valence-corrected chi connectivity index (χ4v) is 2.52. The molecular formula is C14H14Cl2N4O4. The van der Waals surface area contributed by atoms with Crippen LogP contribution in [0.2, 0.25) is 10.0 Å². The monoisotopic (exact) mass is 372 g/mol. The average Bonchev–Trinajstić information content (AvgIpc) is 2.61. The lowest BCUT2D eigenvalue weighted by Gasteiger charge is -2.09. The number of carbonyl (C=O) groups excluding carboxylic acids is 2. The Morgan fingerprint density at radius 3 is 2.62 bits per heavy atom. The van der Waals surface area contributed by atoms with Crippen LogP contribution in [0, 0.1) is 16.0 Å². The summed E-state index contributed by atoms with van der Waals surface area (Å²) < 4.78 is 0. The number of fused-ring (bicyclic) bond motifs is 1. The number of anilines is 2. The first-order valence-electron chi connectivity index (χ1n) is 7.14. The molecule has 1 atom stereocenters. The van der Waals surface area contributed by atoms with Crippen molar-refractivity contribution in [2.45, 2.75) is 19.8 Å². The lowest BCUT2D eigenvalue weighted by molar-refractivity contribution is -0.383. The van der Waals surface area contributed by atoms with Crippen molar-refractivity contribution < 1.29 is 14.5 Å². The van der Waals surface area contributed by atoms with E-state index in [0.717, 1.165) is 12.8 Å². The van der Waals surface area contributed by atoms with Crippen LogP contribution in [0.15, 0.2) is 11.1 Å². The van der Waals surface area contributed by atoms with Crippen LogP contribution in [-0.4, -0.2) is 29.5 Å². The highest BCUT2D eigenvalue weighted by molar-refractivity contribution is 6.44. The number of amides is 2. The molecule has 24 heavy (non-hydrogen) atoms. The van der Waals surface area contributed by atoms with E-state index >= 15 is 0 Å². The minimum Gasteiger partial charge on any atom is -0.323 e. The van der Waals surface area contributed by atoms with Crippen molar-refractivity contribution >= 4 is 58.3 Å². The molecule has 2 N–H and O–H groups in total. The van der Waals surface area contributed by atoms with Gasteiger partial charge in [0.2, 0.25) is 11.8 Å². The smallest absolute Gasteiger partial charge is 0.314 e. The molecular weight excluding hydrogens is 359 g/mol. The van der Waals surface area contributed by atoms with Crippen LogP contribution in [0.4, 0.5) is 17.1 Å². The van der Waals surface area contributed by atoms with Gasteiger partial charge < -0.3 is 10.6 Å². The average molecular weight is 373 g/mol. The Bertz CT molecular complexity index is 736. The number of unbranched alkanes of at least 4 members (excludes halogenated alkanes) is 1. The molecule has 10 heteroatoms. The number of hydrogen-bond acceptors (Lipinski definition) is 5. The van der Waals surface area contributed by atoms with Crippen molar-refractivity contribution in [3.63, 3.8) is 0 Å². The van der Waals surface area contributed by atoms with E-state index in [1.807, 2.05) is 6.92 Å². The number of halogens is 2. The first-order chi connectivity index (χ1) is 11.4. The van der Waals surface area contributed by atoms with Crippen molar-refractivity contribution in [3.05, 3.63) is 26.2 Å². The van der Waals surface area contributed by atoms with Crippen LogP contribution in [0.3, 0.4) is 0 Å². The molecule has 0 aromatic heterocycles. The molecule has 1 aliphatic rings. The number of nitro benzene ring substituents is 1. The van der Waals surface area contributed by atoms with Gasteiger partial charge in [-0.15, -0.1) is 0 Å². The van der Waals surface area contributed by atoms with Gasteiger partial charge in [0.15, 0.2) is 5.92 Å². The molecule has 1 aromatic rings. The molecule has 0 bridgehead atoms. The van der Waals surface area contributed by atoms with Crippen molar-refractivity contribution in [2.24, 2.45) is 10.9 Å². The van der Waals surface area contributed by atoms with Crippen molar-refractivity contribution in [1.29, 1.82) is 0 Å². The highest BCUT2D eigenvalue weighted by Gasteiger charge is 2.35. The SMILES string of the molecule is CCCCN=CC1C(=O)Nc2cc(Cl)c(Cl)c([N+](=O)[O-])c2NC1=O. The largest absolute Gasteiger partial charge is 0.323 e. The molecule has 2 amide bonds. The number of aliphatic imine (C=N–C) groups is 1. The molecule has 8 nitrogen and oxygen atoms in total. The minimum atomic E-state index is -1.20. The molecule has 0 aliphatic carbocycles. The van der Waals surface area contributed by atoms with E-state index in [1.54, 1.807) is 0 Å². The lowest BCUT2D eigenvalue weighted by atomic mass is 10.1. The predicted octanol–water partition coefficient (Wildman–Crippen LogP) is 3.28. The first kappa shape index (κ1) is 18.2. The summed E-state index contributed by atoms with van der Waals surface area (Å²) in [5.74, 6) is -2.58. The summed E-state index contributed by atoms with van der Waals surface area (Å²) in [6.07, 6.45) is 2.99. The van der Waals surface area contributed by atoms with E-state index < -0.39 is 28.3 Å². The van der Waals surface area contributed by atoms with Gasteiger partial charge in [-0.2, -0.15) is 0 Å². The van der Waals surface area contributed by atoms with Crippen LogP contribution >= 0.6 is 23.2 Å². The number of rotatable bonds is 5. The summed E-state index contributed by atoms with van der Waals surface area (Å²) in [5.41, 5.74) is -0.757. The lowest BCUT2D eigenvalue weighted by Crippen LogP contribution is -2.32. The van der Waals surface area contributed by atoms with Crippen LogP contribution in [-0.2, 0) is 9.59 Å². The van der Waals surface area contributed by atoms with Crippen molar-refractivity contribution in [2.75, 3.05) is 17.2 Å². The van der Waals surface area contributed by atoms with Crippen molar-refractivity contribution in [3.8, 4) is 0 Å². The van der Waals surface area contributed by atoms with Gasteiger partial charge in [-0.25, -0.2) is 0 Å². The molecule has 0 saturated heterocycles. The molecule has 128 valence electrons. The van der Waals surface area contributed by atoms with Gasteiger partial charge in [-0.05, 0) is 12.5 Å². The Hall–Kier alpha value is -2.19. The zero-order valence-electron chi connectivity index (χ0n) is 12.6. The summed E-state index contributed by atoms with van der Waals surface area (Å²) in [7, 11) is 0. The van der Waals surface area contributed by atoms with Gasteiger partial charge in [-0.1, -0.05) is 36.5 Å². The van der Waals surface area contributed by atoms with Crippen LogP contribution in [0.25, 0.3) is 0 Å². The van der Waals surface area contributed by atoms with Crippen LogP contribution < -0.4 is 10.6 Å². The normalized spacial score (nSPS) is 17.2. The van der Waals surface area contributed by atoms with Gasteiger partial charge in [-0.3, -0.25) is 24.7 Å². The molecule has 1 aromatic carbocycles. The number of nitro groups is 1. The Morgan fingerprint density at radius 1 is 1.33 bits per heavy atom. The van der Waals surface area contributed by atoms with Crippen LogP contribution in [0.5, 0.6) is 0 Å².